The fourth-order valence-corrected chi connectivity index (χ4v) is 2.28. The maximum Gasteiger partial charge on any atom is 0.394 e. The molecule has 7 nitrogen and oxygen atoms in total. The van der Waals surface area contributed by atoms with Crippen LogP contribution in [0.15, 0.2) is 48.5 Å². The average molecular weight is 321 g/mol. The quantitative estimate of drug-likeness (QED) is 0.578. The first-order valence-corrected chi connectivity index (χ1v) is 7.70. The number of nitrogens with one attached hydrogen (secondary N) is 1. The summed E-state index contributed by atoms with van der Waals surface area (Å²) in [6.07, 6.45) is 0. The van der Waals surface area contributed by atoms with E-state index in [0.29, 0.717) is 16.9 Å². The van der Waals surface area contributed by atoms with Crippen LogP contribution in [0.25, 0.3) is 0 Å². The highest BCUT2D eigenvalue weighted by atomic mass is 32.2. The maximum atomic E-state index is 11.8. The number of anilines is 2. The van der Waals surface area contributed by atoms with Gasteiger partial charge in [-0.2, -0.15) is 8.42 Å². The number of carbonyl (C=O) groups is 1. The molecule has 1 amide bonds. The lowest BCUT2D eigenvalue weighted by molar-refractivity contribution is 0.255. The van der Waals surface area contributed by atoms with Crippen molar-refractivity contribution in [3.63, 3.8) is 0 Å². The first-order chi connectivity index (χ1) is 10.4. The van der Waals surface area contributed by atoms with Crippen LogP contribution in [0.3, 0.4) is 0 Å². The SMILES string of the molecule is Nc1ccc(CNC(=O)S(=O)(=O)Oc2ccc(N)cc2)cc1. The Kier molecular flexibility index (Phi) is 4.52. The number of hydrogen-bond acceptors (Lipinski definition) is 6. The van der Waals surface area contributed by atoms with E-state index in [1.165, 1.54) is 24.3 Å². The van der Waals surface area contributed by atoms with Crippen molar-refractivity contribution in [3.05, 3.63) is 54.1 Å². The summed E-state index contributed by atoms with van der Waals surface area (Å²) in [6, 6.07) is 12.3. The molecule has 0 aliphatic heterocycles. The van der Waals surface area contributed by atoms with Gasteiger partial charge in [0.25, 0.3) is 0 Å². The van der Waals surface area contributed by atoms with Crippen LogP contribution in [0.2, 0.25) is 0 Å². The van der Waals surface area contributed by atoms with Crippen molar-refractivity contribution >= 4 is 26.7 Å². The second-order valence-electron chi connectivity index (χ2n) is 4.49. The van der Waals surface area contributed by atoms with Crippen LogP contribution in [0, 0.1) is 0 Å². The van der Waals surface area contributed by atoms with E-state index in [4.69, 9.17) is 15.7 Å². The molecule has 0 aliphatic carbocycles. The van der Waals surface area contributed by atoms with Crippen LogP contribution >= 0.6 is 0 Å². The predicted molar refractivity (Wildman–Crippen MR) is 83.5 cm³/mol. The summed E-state index contributed by atoms with van der Waals surface area (Å²) in [5.41, 5.74) is 12.8. The molecule has 0 saturated carbocycles. The second-order valence-corrected chi connectivity index (χ2v) is 5.93. The molecule has 2 rings (SSSR count). The van der Waals surface area contributed by atoms with Crippen LogP contribution in [-0.2, 0) is 16.7 Å². The highest BCUT2D eigenvalue weighted by molar-refractivity contribution is 8.02. The highest BCUT2D eigenvalue weighted by Crippen LogP contribution is 2.15. The monoisotopic (exact) mass is 321 g/mol. The minimum atomic E-state index is -4.42. The molecule has 0 aromatic heterocycles. The zero-order valence-electron chi connectivity index (χ0n) is 11.5. The standard InChI is InChI=1S/C14H15N3O4S/c15-11-3-1-10(2-4-11)9-17-14(18)22(19,20)21-13-7-5-12(16)6-8-13/h1-8H,9,15-16H2,(H,17,18). The smallest absolute Gasteiger partial charge is 0.394 e. The molecule has 0 saturated heterocycles. The molecule has 0 spiro atoms. The number of benzene rings is 2. The summed E-state index contributed by atoms with van der Waals surface area (Å²) in [6.45, 7) is 0.0451. The molecule has 0 radical (unpaired) electrons. The Labute approximate surface area is 128 Å². The third-order valence-corrected chi connectivity index (χ3v) is 3.74. The van der Waals surface area contributed by atoms with Gasteiger partial charge in [0, 0.05) is 17.9 Å². The third kappa shape index (κ3) is 4.13. The van der Waals surface area contributed by atoms with Gasteiger partial charge in [0.05, 0.1) is 0 Å². The minimum Gasteiger partial charge on any atom is -0.399 e. The third-order valence-electron chi connectivity index (χ3n) is 2.73. The molecule has 2 aromatic rings. The largest absolute Gasteiger partial charge is 0.399 e. The van der Waals surface area contributed by atoms with E-state index < -0.39 is 15.4 Å². The van der Waals surface area contributed by atoms with E-state index in [9.17, 15) is 13.2 Å². The van der Waals surface area contributed by atoms with Crippen molar-refractivity contribution in [3.8, 4) is 5.75 Å². The normalized spacial score (nSPS) is 10.9. The molecule has 0 aliphatic rings. The summed E-state index contributed by atoms with van der Waals surface area (Å²) >= 11 is 0. The topological polar surface area (TPSA) is 125 Å². The number of carbonyl (C=O) groups excluding carboxylic acids is 1. The van der Waals surface area contributed by atoms with Gasteiger partial charge in [-0.05, 0) is 42.0 Å². The molecule has 0 fully saturated rings. The van der Waals surface area contributed by atoms with Crippen LogP contribution in [-0.4, -0.2) is 13.7 Å². The number of nitrogen functional groups attached to an aromatic ring is 2. The molecule has 2 aromatic carbocycles. The van der Waals surface area contributed by atoms with E-state index in [1.54, 1.807) is 24.3 Å². The first kappa shape index (κ1) is 15.6. The summed E-state index contributed by atoms with van der Waals surface area (Å²) in [5, 5.41) is 1.05. The van der Waals surface area contributed by atoms with Gasteiger partial charge in [-0.25, -0.2) is 0 Å². The Morgan fingerprint density at radius 1 is 0.955 bits per heavy atom. The number of rotatable bonds is 4. The highest BCUT2D eigenvalue weighted by Gasteiger charge is 2.24. The number of nitrogens with two attached hydrogens (primary N) is 2. The van der Waals surface area contributed by atoms with Gasteiger partial charge in [0.15, 0.2) is 0 Å². The molecular weight excluding hydrogens is 306 g/mol. The molecular formula is C14H15N3O4S. The molecule has 116 valence electrons. The summed E-state index contributed by atoms with van der Waals surface area (Å²) < 4.78 is 28.3. The van der Waals surface area contributed by atoms with E-state index >= 15 is 0 Å². The van der Waals surface area contributed by atoms with E-state index in [-0.39, 0.29) is 12.3 Å². The first-order valence-electron chi connectivity index (χ1n) is 6.29. The van der Waals surface area contributed by atoms with Crippen molar-refractivity contribution in [2.45, 2.75) is 6.54 Å². The van der Waals surface area contributed by atoms with Gasteiger partial charge in [-0.1, -0.05) is 12.1 Å². The summed E-state index contributed by atoms with van der Waals surface area (Å²) in [7, 11) is -4.42. The van der Waals surface area contributed by atoms with Crippen LogP contribution < -0.4 is 21.0 Å². The van der Waals surface area contributed by atoms with Crippen molar-refractivity contribution in [1.29, 1.82) is 0 Å². The molecule has 0 bridgehead atoms. The van der Waals surface area contributed by atoms with Crippen molar-refractivity contribution in [1.82, 2.24) is 5.32 Å². The second kappa shape index (κ2) is 6.35. The Morgan fingerprint density at radius 2 is 1.45 bits per heavy atom. The molecule has 5 N–H and O–H groups in total. The van der Waals surface area contributed by atoms with Gasteiger partial charge >= 0.3 is 15.4 Å². The summed E-state index contributed by atoms with van der Waals surface area (Å²) in [4.78, 5) is 11.7. The zero-order valence-corrected chi connectivity index (χ0v) is 12.3. The number of hydrogen-bond donors (Lipinski definition) is 3. The molecule has 8 heteroatoms. The van der Waals surface area contributed by atoms with Crippen LogP contribution in [0.4, 0.5) is 16.2 Å². The Bertz CT molecular complexity index is 756. The fourth-order valence-electron chi connectivity index (χ4n) is 1.59. The molecule has 0 unspecified atom stereocenters. The Hall–Kier alpha value is -2.74. The lowest BCUT2D eigenvalue weighted by Gasteiger charge is -2.08. The predicted octanol–water partition coefficient (Wildman–Crippen LogP) is 1.47. The Morgan fingerprint density at radius 3 is 2.00 bits per heavy atom. The number of amides is 1. The van der Waals surface area contributed by atoms with Crippen molar-refractivity contribution < 1.29 is 17.4 Å². The molecule has 0 atom stereocenters. The van der Waals surface area contributed by atoms with Gasteiger partial charge in [-0.3, -0.25) is 4.79 Å². The van der Waals surface area contributed by atoms with Gasteiger partial charge in [0.2, 0.25) is 0 Å². The molecule has 0 heterocycles. The lowest BCUT2D eigenvalue weighted by atomic mass is 10.2. The van der Waals surface area contributed by atoms with Gasteiger partial charge < -0.3 is 21.0 Å². The fraction of sp³-hybridized carbons (Fsp3) is 0.0714. The van der Waals surface area contributed by atoms with E-state index in [1.807, 2.05) is 0 Å². The maximum absolute atomic E-state index is 11.8. The zero-order chi connectivity index (χ0) is 16.2. The van der Waals surface area contributed by atoms with Gasteiger partial charge in [-0.15, -0.1) is 0 Å². The summed E-state index contributed by atoms with van der Waals surface area (Å²) in [5.74, 6) is 0.0110. The van der Waals surface area contributed by atoms with Crippen molar-refractivity contribution in [2.24, 2.45) is 0 Å². The Balaban J connectivity index is 1.98. The minimum absolute atomic E-state index is 0.0110. The van der Waals surface area contributed by atoms with Gasteiger partial charge in [0.1, 0.15) is 5.75 Å². The molecule has 22 heavy (non-hydrogen) atoms. The van der Waals surface area contributed by atoms with Crippen molar-refractivity contribution in [2.75, 3.05) is 11.5 Å². The lowest BCUT2D eigenvalue weighted by Crippen LogP contribution is -2.32. The van der Waals surface area contributed by atoms with Crippen LogP contribution in [0.5, 0.6) is 5.75 Å². The van der Waals surface area contributed by atoms with E-state index in [0.717, 1.165) is 0 Å². The van der Waals surface area contributed by atoms with Crippen LogP contribution in [0.1, 0.15) is 5.56 Å². The van der Waals surface area contributed by atoms with E-state index in [2.05, 4.69) is 5.32 Å². The average Bonchev–Trinajstić information content (AvgIpc) is 2.48.